The number of amides is 1. The Balaban J connectivity index is 1.90. The summed E-state index contributed by atoms with van der Waals surface area (Å²) in [5.41, 5.74) is 4.39. The number of nitrogens with zero attached hydrogens (tertiary/aromatic N) is 4. The molecule has 1 fully saturated rings. The van der Waals surface area contributed by atoms with Crippen LogP contribution >= 0.6 is 16.1 Å². The molecule has 2 aromatic heterocycles. The highest BCUT2D eigenvalue weighted by atomic mass is 79.9. The van der Waals surface area contributed by atoms with Gasteiger partial charge in [-0.1, -0.05) is 20.8 Å². The number of pyridine rings is 1. The number of nitrogens with one attached hydrogen (secondary N) is 3. The van der Waals surface area contributed by atoms with E-state index < -0.39 is 11.6 Å². The zero-order valence-electron chi connectivity index (χ0n) is 16.0. The highest BCUT2D eigenvalue weighted by Gasteiger charge is 2.56. The molecule has 1 amide bonds. The van der Waals surface area contributed by atoms with E-state index in [1.54, 1.807) is 12.4 Å². The summed E-state index contributed by atoms with van der Waals surface area (Å²) in [6.45, 7) is 9.04. The van der Waals surface area contributed by atoms with Gasteiger partial charge >= 0.3 is 6.09 Å². The lowest BCUT2D eigenvalue weighted by atomic mass is 9.68. The number of fused-ring (bicyclic) bond motifs is 1. The highest BCUT2D eigenvalue weighted by Crippen LogP contribution is 2.43. The first-order valence-electron chi connectivity index (χ1n) is 8.55. The van der Waals surface area contributed by atoms with E-state index in [9.17, 15) is 4.79 Å². The number of hydrogen-bond acceptors (Lipinski definition) is 8. The van der Waals surface area contributed by atoms with Crippen LogP contribution in [0.3, 0.4) is 0 Å². The molecule has 1 aliphatic heterocycles. The predicted molar refractivity (Wildman–Crippen MR) is 108 cm³/mol. The smallest absolute Gasteiger partial charge is 0.407 e. The van der Waals surface area contributed by atoms with Crippen molar-refractivity contribution in [2.75, 3.05) is 24.0 Å². The fourth-order valence-corrected chi connectivity index (χ4v) is 4.17. The fraction of sp³-hybridized carbons (Fsp3) is 0.529. The van der Waals surface area contributed by atoms with Crippen LogP contribution in [0.25, 0.3) is 11.2 Å². The molecule has 3 rings (SSSR count). The summed E-state index contributed by atoms with van der Waals surface area (Å²) in [5.74, 6) is 0.735. The van der Waals surface area contributed by atoms with Gasteiger partial charge in [0.15, 0.2) is 5.65 Å². The molecule has 0 aromatic carbocycles. The van der Waals surface area contributed by atoms with E-state index in [0.29, 0.717) is 17.7 Å². The van der Waals surface area contributed by atoms with Gasteiger partial charge in [0.2, 0.25) is 0 Å². The van der Waals surface area contributed by atoms with E-state index in [1.165, 1.54) is 7.11 Å². The van der Waals surface area contributed by atoms with Crippen LogP contribution in [0.15, 0.2) is 18.5 Å². The second-order valence-electron chi connectivity index (χ2n) is 7.94. The van der Waals surface area contributed by atoms with Crippen LogP contribution in [-0.2, 0) is 4.74 Å². The van der Waals surface area contributed by atoms with Crippen molar-refractivity contribution in [2.45, 2.75) is 39.3 Å². The van der Waals surface area contributed by atoms with E-state index in [4.69, 9.17) is 4.74 Å². The van der Waals surface area contributed by atoms with Crippen LogP contribution in [0, 0.1) is 5.41 Å². The first-order chi connectivity index (χ1) is 12.7. The maximum atomic E-state index is 11.8. The molecule has 0 saturated carbocycles. The predicted octanol–water partition coefficient (Wildman–Crippen LogP) is 2.60. The molecule has 3 N–H and O–H groups in total. The Morgan fingerprint density at radius 3 is 2.74 bits per heavy atom. The van der Waals surface area contributed by atoms with Gasteiger partial charge < -0.3 is 20.4 Å². The van der Waals surface area contributed by atoms with Crippen LogP contribution in [-0.4, -0.2) is 46.3 Å². The van der Waals surface area contributed by atoms with Crippen molar-refractivity contribution in [1.82, 2.24) is 24.7 Å². The standard InChI is InChI=1S/C17H24BrN7O2/c1-16(2,3)14-17(4,22-15(26)27-5)9-25(14)12-8-19-11-6-10(23-24-18)7-20-13(11)21-12/h6-8,14,23-24H,9H2,1-5H3,(H,22,26). The summed E-state index contributed by atoms with van der Waals surface area (Å²) >= 11 is 3.09. The maximum absolute atomic E-state index is 11.8. The summed E-state index contributed by atoms with van der Waals surface area (Å²) in [4.78, 5) is 27.5. The normalized spacial score (nSPS) is 22.3. The maximum Gasteiger partial charge on any atom is 0.407 e. The Hall–Kier alpha value is -2.20. The number of carbonyl (C=O) groups is 1. The molecule has 27 heavy (non-hydrogen) atoms. The van der Waals surface area contributed by atoms with Gasteiger partial charge in [-0.2, -0.15) is 4.45 Å². The summed E-state index contributed by atoms with van der Waals surface area (Å²) in [6, 6.07) is 1.88. The van der Waals surface area contributed by atoms with Crippen molar-refractivity contribution in [1.29, 1.82) is 0 Å². The molecule has 10 heteroatoms. The van der Waals surface area contributed by atoms with Gasteiger partial charge in [-0.25, -0.2) is 19.7 Å². The van der Waals surface area contributed by atoms with Crippen molar-refractivity contribution >= 4 is 44.9 Å². The third-order valence-corrected chi connectivity index (χ3v) is 4.88. The summed E-state index contributed by atoms with van der Waals surface area (Å²) in [6.07, 6.45) is 2.99. The lowest BCUT2D eigenvalue weighted by Gasteiger charge is -2.61. The van der Waals surface area contributed by atoms with Crippen LogP contribution in [0.4, 0.5) is 16.3 Å². The molecule has 2 aromatic rings. The molecule has 2 atom stereocenters. The Labute approximate surface area is 166 Å². The number of anilines is 2. The minimum Gasteiger partial charge on any atom is -0.453 e. The molecule has 3 heterocycles. The number of alkyl carbamates (subject to hydrolysis) is 1. The van der Waals surface area contributed by atoms with Crippen LogP contribution in [0.2, 0.25) is 0 Å². The van der Waals surface area contributed by atoms with Crippen LogP contribution < -0.4 is 20.1 Å². The number of aromatic nitrogens is 3. The summed E-state index contributed by atoms with van der Waals surface area (Å²) < 4.78 is 7.46. The molecule has 9 nitrogen and oxygen atoms in total. The number of hydrazine groups is 1. The first kappa shape index (κ1) is 19.6. The number of methoxy groups -OCH3 is 1. The number of rotatable bonds is 4. The van der Waals surface area contributed by atoms with E-state index in [0.717, 1.165) is 11.5 Å². The molecule has 0 aliphatic carbocycles. The van der Waals surface area contributed by atoms with Gasteiger partial charge in [0.1, 0.15) is 11.3 Å². The largest absolute Gasteiger partial charge is 0.453 e. The van der Waals surface area contributed by atoms with Gasteiger partial charge in [-0.15, -0.1) is 0 Å². The first-order valence-corrected chi connectivity index (χ1v) is 9.34. The van der Waals surface area contributed by atoms with Gasteiger partial charge in [0.25, 0.3) is 0 Å². The molecule has 1 saturated heterocycles. The highest BCUT2D eigenvalue weighted by molar-refractivity contribution is 9.08. The second kappa shape index (κ2) is 7.08. The minimum absolute atomic E-state index is 0.0226. The lowest BCUT2D eigenvalue weighted by molar-refractivity contribution is 0.0888. The molecule has 1 aliphatic rings. The van der Waals surface area contributed by atoms with E-state index in [-0.39, 0.29) is 11.5 Å². The SMILES string of the molecule is COC(=O)NC1(C)CN(c2cnc3cc(NNBr)cnc3n2)C1C(C)(C)C. The van der Waals surface area contributed by atoms with Gasteiger partial charge in [0.05, 0.1) is 36.8 Å². The summed E-state index contributed by atoms with van der Waals surface area (Å²) in [5, 5.41) is 2.97. The quantitative estimate of drug-likeness (QED) is 0.495. The number of carbonyl (C=O) groups excluding carboxylic acids is 1. The van der Waals surface area contributed by atoms with Crippen molar-refractivity contribution in [3.63, 3.8) is 0 Å². The zero-order chi connectivity index (χ0) is 19.8. The number of ether oxygens (including phenoxy) is 1. The number of halogens is 1. The topological polar surface area (TPSA) is 104 Å². The van der Waals surface area contributed by atoms with E-state index in [1.807, 2.05) is 13.0 Å². The van der Waals surface area contributed by atoms with Gasteiger partial charge in [0, 0.05) is 22.7 Å². The minimum atomic E-state index is -0.432. The Morgan fingerprint density at radius 2 is 2.11 bits per heavy atom. The Morgan fingerprint density at radius 1 is 1.37 bits per heavy atom. The molecule has 0 bridgehead atoms. The Bertz CT molecular complexity index is 857. The van der Waals surface area contributed by atoms with Crippen molar-refractivity contribution in [2.24, 2.45) is 5.41 Å². The lowest BCUT2D eigenvalue weighted by Crippen LogP contribution is -2.79. The second-order valence-corrected chi connectivity index (χ2v) is 8.34. The molecular formula is C17H24BrN7O2. The molecule has 0 spiro atoms. The van der Waals surface area contributed by atoms with E-state index in [2.05, 4.69) is 72.0 Å². The average Bonchev–Trinajstić information content (AvgIpc) is 2.58. The third kappa shape index (κ3) is 3.77. The molecular weight excluding hydrogens is 414 g/mol. The Kier molecular flexibility index (Phi) is 5.13. The monoisotopic (exact) mass is 437 g/mol. The average molecular weight is 438 g/mol. The van der Waals surface area contributed by atoms with Crippen LogP contribution in [0.5, 0.6) is 0 Å². The van der Waals surface area contributed by atoms with Crippen LogP contribution in [0.1, 0.15) is 27.7 Å². The van der Waals surface area contributed by atoms with Crippen molar-refractivity contribution < 1.29 is 9.53 Å². The van der Waals surface area contributed by atoms with E-state index >= 15 is 0 Å². The van der Waals surface area contributed by atoms with Gasteiger partial charge in [-0.05, 0) is 18.4 Å². The molecule has 146 valence electrons. The van der Waals surface area contributed by atoms with Crippen molar-refractivity contribution in [3.05, 3.63) is 18.5 Å². The molecule has 2 unspecified atom stereocenters. The molecule has 0 radical (unpaired) electrons. The zero-order valence-corrected chi connectivity index (χ0v) is 17.6. The number of hydrogen-bond donors (Lipinski definition) is 3. The van der Waals surface area contributed by atoms with Gasteiger partial charge in [-0.3, -0.25) is 0 Å². The summed E-state index contributed by atoms with van der Waals surface area (Å²) in [7, 11) is 1.37. The van der Waals surface area contributed by atoms with Crippen molar-refractivity contribution in [3.8, 4) is 0 Å². The fourth-order valence-electron chi connectivity index (χ4n) is 3.94. The third-order valence-electron chi connectivity index (χ3n) is 4.68.